The Balaban J connectivity index is 4.03. The summed E-state index contributed by atoms with van der Waals surface area (Å²) in [7, 11) is -3.02. The molecule has 96 valence electrons. The van der Waals surface area contributed by atoms with E-state index in [4.69, 9.17) is 5.73 Å². The van der Waals surface area contributed by atoms with Crippen LogP contribution in [0, 0.1) is 11.8 Å². The molecule has 0 spiro atoms. The lowest BCUT2D eigenvalue weighted by molar-refractivity contribution is -0.125. The molecule has 0 aromatic rings. The van der Waals surface area contributed by atoms with Crippen LogP contribution in [0.15, 0.2) is 0 Å². The number of carbonyl (C=O) groups excluding carboxylic acids is 1. The predicted molar refractivity (Wildman–Crippen MR) is 64.7 cm³/mol. The summed E-state index contributed by atoms with van der Waals surface area (Å²) in [6.07, 6.45) is 1.87. The van der Waals surface area contributed by atoms with Crippen LogP contribution in [0.4, 0.5) is 0 Å². The predicted octanol–water partition coefficient (Wildman–Crippen LogP) is -0.232. The molecule has 0 heterocycles. The zero-order chi connectivity index (χ0) is 12.8. The van der Waals surface area contributed by atoms with Gasteiger partial charge in [-0.15, -0.1) is 0 Å². The van der Waals surface area contributed by atoms with E-state index in [2.05, 4.69) is 5.32 Å². The molecule has 0 aliphatic rings. The Bertz CT molecular complexity index is 312. The van der Waals surface area contributed by atoms with Crippen molar-refractivity contribution >= 4 is 15.7 Å². The number of sulfone groups is 1. The smallest absolute Gasteiger partial charge is 0.224 e. The minimum absolute atomic E-state index is 0.0300. The molecule has 0 aromatic carbocycles. The zero-order valence-electron chi connectivity index (χ0n) is 10.2. The lowest BCUT2D eigenvalue weighted by atomic mass is 9.96. The van der Waals surface area contributed by atoms with Crippen molar-refractivity contribution in [1.29, 1.82) is 0 Å². The van der Waals surface area contributed by atoms with Crippen molar-refractivity contribution in [3.8, 4) is 0 Å². The second-order valence-electron chi connectivity index (χ2n) is 4.48. The maximum Gasteiger partial charge on any atom is 0.224 e. The van der Waals surface area contributed by atoms with Crippen LogP contribution in [-0.2, 0) is 14.6 Å². The van der Waals surface area contributed by atoms with Gasteiger partial charge in [-0.25, -0.2) is 8.42 Å². The topological polar surface area (TPSA) is 89.3 Å². The van der Waals surface area contributed by atoms with Gasteiger partial charge in [-0.1, -0.05) is 13.8 Å². The highest BCUT2D eigenvalue weighted by Crippen LogP contribution is 2.10. The highest BCUT2D eigenvalue weighted by Gasteiger charge is 2.17. The van der Waals surface area contributed by atoms with Gasteiger partial charge in [0.1, 0.15) is 9.84 Å². The first-order chi connectivity index (χ1) is 7.26. The lowest BCUT2D eigenvalue weighted by Crippen LogP contribution is -2.37. The molecule has 16 heavy (non-hydrogen) atoms. The summed E-state index contributed by atoms with van der Waals surface area (Å²) >= 11 is 0. The van der Waals surface area contributed by atoms with Crippen molar-refractivity contribution in [1.82, 2.24) is 5.32 Å². The number of carbonyl (C=O) groups is 1. The van der Waals surface area contributed by atoms with E-state index in [0.717, 1.165) is 12.7 Å². The molecule has 3 N–H and O–H groups in total. The van der Waals surface area contributed by atoms with E-state index in [9.17, 15) is 13.2 Å². The van der Waals surface area contributed by atoms with Crippen LogP contribution in [0.3, 0.4) is 0 Å². The maximum atomic E-state index is 11.6. The van der Waals surface area contributed by atoms with Gasteiger partial charge in [-0.05, 0) is 12.3 Å². The molecule has 5 nitrogen and oxygen atoms in total. The molecule has 0 fully saturated rings. The number of nitrogens with two attached hydrogens (primary N) is 1. The molecule has 0 saturated heterocycles. The minimum atomic E-state index is -3.02. The summed E-state index contributed by atoms with van der Waals surface area (Å²) in [6.45, 7) is 4.49. The third-order valence-electron chi connectivity index (χ3n) is 2.18. The SMILES string of the molecule is CC(C)CC(CN)C(=O)NCCS(C)(=O)=O. The number of amides is 1. The van der Waals surface area contributed by atoms with Gasteiger partial charge < -0.3 is 11.1 Å². The highest BCUT2D eigenvalue weighted by atomic mass is 32.2. The Morgan fingerprint density at radius 3 is 2.31 bits per heavy atom. The molecular formula is C10H22N2O3S. The minimum Gasteiger partial charge on any atom is -0.355 e. The fraction of sp³-hybridized carbons (Fsp3) is 0.900. The summed E-state index contributed by atoms with van der Waals surface area (Å²) < 4.78 is 21.7. The van der Waals surface area contributed by atoms with Crippen LogP contribution in [0.1, 0.15) is 20.3 Å². The molecule has 0 rings (SSSR count). The van der Waals surface area contributed by atoms with Gasteiger partial charge in [0.15, 0.2) is 0 Å². The molecular weight excluding hydrogens is 228 g/mol. The molecule has 0 aromatic heterocycles. The molecule has 1 unspecified atom stereocenters. The number of rotatable bonds is 7. The van der Waals surface area contributed by atoms with Gasteiger partial charge in [0.05, 0.1) is 11.7 Å². The second kappa shape index (κ2) is 6.85. The molecule has 0 radical (unpaired) electrons. The van der Waals surface area contributed by atoms with E-state index in [1.54, 1.807) is 0 Å². The first-order valence-corrected chi connectivity index (χ1v) is 7.47. The Labute approximate surface area is 97.7 Å². The maximum absolute atomic E-state index is 11.6. The van der Waals surface area contributed by atoms with E-state index in [0.29, 0.717) is 12.5 Å². The third-order valence-corrected chi connectivity index (χ3v) is 3.13. The fourth-order valence-electron chi connectivity index (χ4n) is 1.38. The molecule has 1 amide bonds. The van der Waals surface area contributed by atoms with E-state index in [1.807, 2.05) is 13.8 Å². The van der Waals surface area contributed by atoms with Crippen LogP contribution in [0.2, 0.25) is 0 Å². The number of hydrogen-bond acceptors (Lipinski definition) is 4. The van der Waals surface area contributed by atoms with Crippen LogP contribution >= 0.6 is 0 Å². The summed E-state index contributed by atoms with van der Waals surface area (Å²) in [4.78, 5) is 11.6. The molecule has 6 heteroatoms. The van der Waals surface area contributed by atoms with Crippen molar-refractivity contribution in [3.63, 3.8) is 0 Å². The van der Waals surface area contributed by atoms with Crippen molar-refractivity contribution in [2.24, 2.45) is 17.6 Å². The van der Waals surface area contributed by atoms with Gasteiger partial charge in [-0.3, -0.25) is 4.79 Å². The monoisotopic (exact) mass is 250 g/mol. The van der Waals surface area contributed by atoms with Gasteiger partial charge in [0.25, 0.3) is 0 Å². The van der Waals surface area contributed by atoms with E-state index < -0.39 is 9.84 Å². The first-order valence-electron chi connectivity index (χ1n) is 5.41. The van der Waals surface area contributed by atoms with Crippen molar-refractivity contribution in [2.75, 3.05) is 25.1 Å². The average Bonchev–Trinajstić information content (AvgIpc) is 2.11. The Morgan fingerprint density at radius 1 is 1.38 bits per heavy atom. The summed E-state index contributed by atoms with van der Waals surface area (Å²) in [5.41, 5.74) is 5.50. The third kappa shape index (κ3) is 7.64. The van der Waals surface area contributed by atoms with Crippen LogP contribution in [0.5, 0.6) is 0 Å². The van der Waals surface area contributed by atoms with Gasteiger partial charge in [0, 0.05) is 19.3 Å². The lowest BCUT2D eigenvalue weighted by Gasteiger charge is -2.16. The quantitative estimate of drug-likeness (QED) is 0.653. The Hall–Kier alpha value is -0.620. The van der Waals surface area contributed by atoms with Gasteiger partial charge in [-0.2, -0.15) is 0 Å². The summed E-state index contributed by atoms with van der Waals surface area (Å²) in [5.74, 6) is -0.00818. The zero-order valence-corrected chi connectivity index (χ0v) is 11.0. The van der Waals surface area contributed by atoms with Crippen LogP contribution in [-0.4, -0.2) is 39.4 Å². The fourth-order valence-corrected chi connectivity index (χ4v) is 1.86. The van der Waals surface area contributed by atoms with Crippen molar-refractivity contribution in [2.45, 2.75) is 20.3 Å². The van der Waals surface area contributed by atoms with Crippen LogP contribution < -0.4 is 11.1 Å². The molecule has 0 bridgehead atoms. The first kappa shape index (κ1) is 15.4. The second-order valence-corrected chi connectivity index (χ2v) is 6.74. The van der Waals surface area contributed by atoms with Gasteiger partial charge >= 0.3 is 0 Å². The summed E-state index contributed by atoms with van der Waals surface area (Å²) in [6, 6.07) is 0. The Kier molecular flexibility index (Phi) is 6.59. The van der Waals surface area contributed by atoms with E-state index in [1.165, 1.54) is 0 Å². The Morgan fingerprint density at radius 2 is 1.94 bits per heavy atom. The molecule has 0 aliphatic carbocycles. The van der Waals surface area contributed by atoms with Gasteiger partial charge in [0.2, 0.25) is 5.91 Å². The van der Waals surface area contributed by atoms with E-state index >= 15 is 0 Å². The van der Waals surface area contributed by atoms with Crippen molar-refractivity contribution in [3.05, 3.63) is 0 Å². The largest absolute Gasteiger partial charge is 0.355 e. The highest BCUT2D eigenvalue weighted by molar-refractivity contribution is 7.90. The molecule has 0 aliphatic heterocycles. The average molecular weight is 250 g/mol. The number of hydrogen-bond donors (Lipinski definition) is 2. The van der Waals surface area contributed by atoms with Crippen LogP contribution in [0.25, 0.3) is 0 Å². The molecule has 0 saturated carbocycles. The van der Waals surface area contributed by atoms with E-state index in [-0.39, 0.29) is 24.1 Å². The normalized spacial score (nSPS) is 13.8. The van der Waals surface area contributed by atoms with Crippen molar-refractivity contribution < 1.29 is 13.2 Å². The standard InChI is InChI=1S/C10H22N2O3S/c1-8(2)6-9(7-11)10(13)12-4-5-16(3,14)15/h8-9H,4-7,11H2,1-3H3,(H,12,13). The number of nitrogens with one attached hydrogen (secondary N) is 1. The summed E-state index contributed by atoms with van der Waals surface area (Å²) in [5, 5.41) is 2.60. The molecule has 1 atom stereocenters.